The van der Waals surface area contributed by atoms with Crippen LogP contribution in [0.1, 0.15) is 6.42 Å². The van der Waals surface area contributed by atoms with Crippen molar-refractivity contribution in [2.24, 2.45) is 0 Å². The predicted molar refractivity (Wildman–Crippen MR) is 79.2 cm³/mol. The van der Waals surface area contributed by atoms with Gasteiger partial charge in [-0.15, -0.1) is 0 Å². The number of ether oxygens (including phenoxy) is 1. The van der Waals surface area contributed by atoms with E-state index in [2.05, 4.69) is 10.1 Å². The maximum absolute atomic E-state index is 12.0. The van der Waals surface area contributed by atoms with Crippen molar-refractivity contribution in [2.75, 3.05) is 19.5 Å². The highest BCUT2D eigenvalue weighted by Crippen LogP contribution is 2.16. The first-order valence-corrected chi connectivity index (χ1v) is 8.29. The van der Waals surface area contributed by atoms with E-state index in [4.69, 9.17) is 16.7 Å². The van der Waals surface area contributed by atoms with Gasteiger partial charge in [-0.3, -0.25) is 4.79 Å². The highest BCUT2D eigenvalue weighted by molar-refractivity contribution is 7.91. The molecule has 0 aliphatic carbocycles. The Morgan fingerprint density at radius 2 is 1.91 bits per heavy atom. The number of methoxy groups -OCH3 is 1. The molecule has 2 N–H and O–H groups in total. The zero-order valence-electron chi connectivity index (χ0n) is 11.8. The first-order valence-electron chi connectivity index (χ1n) is 6.26. The van der Waals surface area contributed by atoms with E-state index >= 15 is 0 Å². The van der Waals surface area contributed by atoms with Crippen molar-refractivity contribution >= 4 is 33.3 Å². The van der Waals surface area contributed by atoms with Gasteiger partial charge >= 0.3 is 5.97 Å². The van der Waals surface area contributed by atoms with E-state index in [1.54, 1.807) is 0 Å². The molecule has 0 saturated carbocycles. The zero-order valence-corrected chi connectivity index (χ0v) is 13.4. The Labute approximate surface area is 133 Å². The number of esters is 1. The lowest BCUT2D eigenvalue weighted by Crippen LogP contribution is -2.44. The fraction of sp³-hybridized carbons (Fsp3) is 0.385. The summed E-state index contributed by atoms with van der Waals surface area (Å²) in [6.45, 7) is -0.637. The van der Waals surface area contributed by atoms with Crippen LogP contribution in [0.25, 0.3) is 0 Å². The number of benzene rings is 1. The lowest BCUT2D eigenvalue weighted by atomic mass is 10.3. The molecule has 1 aromatic carbocycles. The molecule has 7 nitrogen and oxygen atoms in total. The summed E-state index contributed by atoms with van der Waals surface area (Å²) in [6, 6.07) is 4.36. The lowest BCUT2D eigenvalue weighted by molar-refractivity contribution is -0.146. The second-order valence-electron chi connectivity index (χ2n) is 4.35. The zero-order chi connectivity index (χ0) is 16.8. The summed E-state index contributed by atoms with van der Waals surface area (Å²) >= 11 is 5.68. The van der Waals surface area contributed by atoms with E-state index < -0.39 is 40.1 Å². The molecule has 9 heteroatoms. The number of aliphatic hydroxyl groups excluding tert-OH is 1. The van der Waals surface area contributed by atoms with Crippen molar-refractivity contribution in [3.05, 3.63) is 29.3 Å². The summed E-state index contributed by atoms with van der Waals surface area (Å²) in [4.78, 5) is 22.9. The van der Waals surface area contributed by atoms with Gasteiger partial charge in [-0.1, -0.05) is 11.6 Å². The van der Waals surface area contributed by atoms with Crippen LogP contribution in [0.4, 0.5) is 0 Å². The van der Waals surface area contributed by atoms with Gasteiger partial charge in [0.05, 0.1) is 24.4 Å². The van der Waals surface area contributed by atoms with Crippen LogP contribution in [-0.2, 0) is 24.2 Å². The van der Waals surface area contributed by atoms with E-state index in [0.29, 0.717) is 5.02 Å². The number of hydrogen-bond donors (Lipinski definition) is 2. The summed E-state index contributed by atoms with van der Waals surface area (Å²) in [5.41, 5.74) is 0. The van der Waals surface area contributed by atoms with Crippen LogP contribution in [0, 0.1) is 0 Å². The number of hydrogen-bond acceptors (Lipinski definition) is 6. The molecule has 122 valence electrons. The van der Waals surface area contributed by atoms with E-state index in [1.165, 1.54) is 24.3 Å². The van der Waals surface area contributed by atoms with Gasteiger partial charge in [-0.05, 0) is 24.3 Å². The molecule has 0 bridgehead atoms. The second kappa shape index (κ2) is 8.11. The third-order valence-electron chi connectivity index (χ3n) is 2.77. The Balaban J connectivity index is 2.63. The minimum atomic E-state index is -3.64. The fourth-order valence-corrected chi connectivity index (χ4v) is 2.94. The summed E-state index contributed by atoms with van der Waals surface area (Å²) in [7, 11) is -2.53. The lowest BCUT2D eigenvalue weighted by Gasteiger charge is -2.13. The number of nitrogens with one attached hydrogen (secondary N) is 1. The maximum Gasteiger partial charge on any atom is 0.330 e. The molecule has 0 unspecified atom stereocenters. The summed E-state index contributed by atoms with van der Waals surface area (Å²) in [5.74, 6) is -1.92. The van der Waals surface area contributed by atoms with Crippen molar-refractivity contribution in [3.63, 3.8) is 0 Å². The minimum absolute atomic E-state index is 0.0522. The molecule has 0 saturated heterocycles. The first-order chi connectivity index (χ1) is 10.3. The van der Waals surface area contributed by atoms with Crippen LogP contribution in [0.15, 0.2) is 29.2 Å². The Bertz CT molecular complexity index is 628. The molecule has 0 aliphatic heterocycles. The van der Waals surface area contributed by atoms with Crippen molar-refractivity contribution < 1.29 is 27.9 Å². The van der Waals surface area contributed by atoms with E-state index in [0.717, 1.165) is 7.11 Å². The quantitative estimate of drug-likeness (QED) is 0.678. The summed E-state index contributed by atoms with van der Waals surface area (Å²) in [6.07, 6.45) is -0.349. The number of carbonyl (C=O) groups excluding carboxylic acids is 2. The van der Waals surface area contributed by atoms with E-state index in [1.807, 2.05) is 0 Å². The van der Waals surface area contributed by atoms with Gasteiger partial charge in [-0.2, -0.15) is 0 Å². The fourth-order valence-electron chi connectivity index (χ4n) is 1.57. The van der Waals surface area contributed by atoms with Gasteiger partial charge in [0.15, 0.2) is 15.9 Å². The second-order valence-corrected chi connectivity index (χ2v) is 6.89. The van der Waals surface area contributed by atoms with Gasteiger partial charge in [0.1, 0.15) is 0 Å². The Kier molecular flexibility index (Phi) is 6.79. The average Bonchev–Trinajstić information content (AvgIpc) is 2.50. The smallest absolute Gasteiger partial charge is 0.330 e. The molecule has 0 spiro atoms. The number of halogens is 1. The predicted octanol–water partition coefficient (Wildman–Crippen LogP) is 0.154. The third-order valence-corrected chi connectivity index (χ3v) is 4.76. The molecule has 1 aromatic rings. The van der Waals surface area contributed by atoms with Crippen molar-refractivity contribution in [1.29, 1.82) is 0 Å². The van der Waals surface area contributed by atoms with Gasteiger partial charge in [0.25, 0.3) is 0 Å². The highest BCUT2D eigenvalue weighted by Gasteiger charge is 2.22. The summed E-state index contributed by atoms with van der Waals surface area (Å²) in [5, 5.41) is 11.6. The van der Waals surface area contributed by atoms with E-state index in [-0.39, 0.29) is 11.3 Å². The van der Waals surface area contributed by atoms with Crippen molar-refractivity contribution in [3.8, 4) is 0 Å². The average molecular weight is 350 g/mol. The monoisotopic (exact) mass is 349 g/mol. The minimum Gasteiger partial charge on any atom is -0.467 e. The molecular formula is C13H16ClNO6S. The van der Waals surface area contributed by atoms with Crippen LogP contribution in [-0.4, -0.2) is 50.9 Å². The van der Waals surface area contributed by atoms with Crippen molar-refractivity contribution in [2.45, 2.75) is 17.4 Å². The number of carbonyl (C=O) groups is 2. The van der Waals surface area contributed by atoms with Crippen LogP contribution in [0.5, 0.6) is 0 Å². The molecule has 0 heterocycles. The van der Waals surface area contributed by atoms with Crippen molar-refractivity contribution in [1.82, 2.24) is 5.32 Å². The van der Waals surface area contributed by atoms with Crippen LogP contribution < -0.4 is 5.32 Å². The van der Waals surface area contributed by atoms with Gasteiger partial charge in [0, 0.05) is 11.4 Å². The van der Waals surface area contributed by atoms with Crippen LogP contribution >= 0.6 is 11.6 Å². The maximum atomic E-state index is 12.0. The van der Waals surface area contributed by atoms with Gasteiger partial charge in [0.2, 0.25) is 5.91 Å². The molecule has 22 heavy (non-hydrogen) atoms. The molecule has 1 atom stereocenters. The normalized spacial score (nSPS) is 12.5. The SMILES string of the molecule is COC(=O)[C@@H](CO)NC(=O)CCS(=O)(=O)c1ccc(Cl)cc1. The number of aliphatic hydroxyl groups is 1. The standard InChI is InChI=1S/C13H16ClNO6S/c1-21-13(18)11(8-16)15-12(17)6-7-22(19,20)10-4-2-9(14)3-5-10/h2-5,11,16H,6-8H2,1H3,(H,15,17)/t11-/m1/s1. The molecule has 0 fully saturated rings. The van der Waals surface area contributed by atoms with Crippen LogP contribution in [0.2, 0.25) is 5.02 Å². The Morgan fingerprint density at radius 1 is 1.32 bits per heavy atom. The number of sulfone groups is 1. The van der Waals surface area contributed by atoms with Gasteiger partial charge in [-0.25, -0.2) is 13.2 Å². The molecule has 1 rings (SSSR count). The molecule has 0 aromatic heterocycles. The molecule has 1 amide bonds. The summed E-state index contributed by atoms with van der Waals surface area (Å²) < 4.78 is 28.4. The number of amides is 1. The van der Waals surface area contributed by atoms with Crippen LogP contribution in [0.3, 0.4) is 0 Å². The number of rotatable bonds is 7. The molecule has 0 aliphatic rings. The molecule has 0 radical (unpaired) electrons. The Morgan fingerprint density at radius 3 is 2.41 bits per heavy atom. The first kappa shape index (κ1) is 18.4. The van der Waals surface area contributed by atoms with Gasteiger partial charge < -0.3 is 15.2 Å². The largest absolute Gasteiger partial charge is 0.467 e. The van der Waals surface area contributed by atoms with E-state index in [9.17, 15) is 18.0 Å². The third kappa shape index (κ3) is 5.28. The molecular weight excluding hydrogens is 334 g/mol. The Hall–Kier alpha value is -1.64. The topological polar surface area (TPSA) is 110 Å². The highest BCUT2D eigenvalue weighted by atomic mass is 35.5.